The van der Waals surface area contributed by atoms with Gasteiger partial charge in [0.1, 0.15) is 12.1 Å². The van der Waals surface area contributed by atoms with Crippen LogP contribution in [-0.4, -0.2) is 48.4 Å². The van der Waals surface area contributed by atoms with Crippen LogP contribution in [0.2, 0.25) is 0 Å². The van der Waals surface area contributed by atoms with Gasteiger partial charge in [-0.05, 0) is 12.3 Å². The molecule has 0 unspecified atom stereocenters. The number of nitrogens with one attached hydrogen (secondary N) is 2. The summed E-state index contributed by atoms with van der Waals surface area (Å²) in [4.78, 5) is 25.7. The van der Waals surface area contributed by atoms with Crippen LogP contribution in [-0.2, 0) is 9.59 Å². The smallest absolute Gasteiger partial charge is 0.245 e. The van der Waals surface area contributed by atoms with Crippen molar-refractivity contribution in [3.8, 4) is 0 Å². The molecule has 0 spiro atoms. The Bertz CT molecular complexity index is 304. The summed E-state index contributed by atoms with van der Waals surface area (Å²) in [7, 11) is 0. The third kappa shape index (κ3) is 2.04. The maximum Gasteiger partial charge on any atom is 0.245 e. The van der Waals surface area contributed by atoms with Gasteiger partial charge in [0.15, 0.2) is 0 Å². The molecule has 2 N–H and O–H groups in total. The molecule has 0 aromatic carbocycles. The van der Waals surface area contributed by atoms with E-state index in [2.05, 4.69) is 24.5 Å². The Morgan fingerprint density at radius 1 is 1.44 bits per heavy atom. The average Bonchev–Trinajstić information content (AvgIpc) is 2.25. The number of amides is 2. The van der Waals surface area contributed by atoms with Crippen LogP contribution in [0.4, 0.5) is 0 Å². The lowest BCUT2D eigenvalue weighted by atomic mass is 9.98. The van der Waals surface area contributed by atoms with E-state index in [0.717, 1.165) is 13.0 Å². The Kier molecular flexibility index (Phi) is 3.14. The lowest BCUT2D eigenvalue weighted by Gasteiger charge is -2.42. The molecule has 90 valence electrons. The molecule has 2 rings (SSSR count). The monoisotopic (exact) mass is 225 g/mol. The summed E-state index contributed by atoms with van der Waals surface area (Å²) in [6.07, 6.45) is 0.723. The second-order valence-electron chi connectivity index (χ2n) is 4.94. The molecular weight excluding hydrogens is 206 g/mol. The number of carbonyl (C=O) groups excluding carboxylic acids is 2. The minimum absolute atomic E-state index is 0.0162. The summed E-state index contributed by atoms with van der Waals surface area (Å²) in [5.74, 6) is 0.478. The zero-order valence-electron chi connectivity index (χ0n) is 9.82. The second-order valence-corrected chi connectivity index (χ2v) is 4.94. The van der Waals surface area contributed by atoms with Gasteiger partial charge in [-0.2, -0.15) is 0 Å². The molecule has 2 atom stereocenters. The van der Waals surface area contributed by atoms with Gasteiger partial charge in [0.2, 0.25) is 11.8 Å². The van der Waals surface area contributed by atoms with Crippen LogP contribution in [0.15, 0.2) is 0 Å². The van der Waals surface area contributed by atoms with Gasteiger partial charge in [-0.15, -0.1) is 0 Å². The standard InChI is InChI=1S/C11H19N3O2/c1-7(2)5-8-11(16)14-4-3-12-6-9(14)10(15)13-8/h7-9,12H,3-6H2,1-2H3,(H,13,15)/t8-,9+/m1/s1. The molecule has 16 heavy (non-hydrogen) atoms. The highest BCUT2D eigenvalue weighted by Gasteiger charge is 2.41. The van der Waals surface area contributed by atoms with Gasteiger partial charge in [-0.25, -0.2) is 0 Å². The van der Waals surface area contributed by atoms with Crippen LogP contribution in [0.1, 0.15) is 20.3 Å². The Morgan fingerprint density at radius 3 is 2.88 bits per heavy atom. The van der Waals surface area contributed by atoms with E-state index >= 15 is 0 Å². The van der Waals surface area contributed by atoms with Crippen molar-refractivity contribution in [3.05, 3.63) is 0 Å². The Morgan fingerprint density at radius 2 is 2.19 bits per heavy atom. The maximum atomic E-state index is 12.1. The van der Waals surface area contributed by atoms with Crippen molar-refractivity contribution in [1.29, 1.82) is 0 Å². The van der Waals surface area contributed by atoms with Gasteiger partial charge in [0.05, 0.1) is 0 Å². The predicted octanol–water partition coefficient (Wildman–Crippen LogP) is -0.669. The third-order valence-corrected chi connectivity index (χ3v) is 3.15. The topological polar surface area (TPSA) is 61.4 Å². The highest BCUT2D eigenvalue weighted by molar-refractivity contribution is 5.97. The first-order chi connectivity index (χ1) is 7.59. The first-order valence-electron chi connectivity index (χ1n) is 5.91. The molecule has 2 amide bonds. The zero-order valence-corrected chi connectivity index (χ0v) is 9.82. The number of rotatable bonds is 2. The molecule has 0 aromatic heterocycles. The van der Waals surface area contributed by atoms with E-state index < -0.39 is 0 Å². The summed E-state index contributed by atoms with van der Waals surface area (Å²) < 4.78 is 0. The third-order valence-electron chi connectivity index (χ3n) is 3.15. The van der Waals surface area contributed by atoms with E-state index in [0.29, 0.717) is 19.0 Å². The van der Waals surface area contributed by atoms with E-state index in [1.54, 1.807) is 4.90 Å². The lowest BCUT2D eigenvalue weighted by Crippen LogP contribution is -2.68. The van der Waals surface area contributed by atoms with Crippen LogP contribution in [0.5, 0.6) is 0 Å². The van der Waals surface area contributed by atoms with Gasteiger partial charge in [-0.3, -0.25) is 9.59 Å². The number of nitrogens with zero attached hydrogens (tertiary/aromatic N) is 1. The van der Waals surface area contributed by atoms with Crippen molar-refractivity contribution < 1.29 is 9.59 Å². The van der Waals surface area contributed by atoms with Crippen LogP contribution in [0.3, 0.4) is 0 Å². The van der Waals surface area contributed by atoms with E-state index in [1.807, 2.05) is 0 Å². The van der Waals surface area contributed by atoms with Crippen LogP contribution in [0.25, 0.3) is 0 Å². The predicted molar refractivity (Wildman–Crippen MR) is 59.8 cm³/mol. The summed E-state index contributed by atoms with van der Waals surface area (Å²) in [5.41, 5.74) is 0. The minimum atomic E-state index is -0.318. The molecule has 2 heterocycles. The number of hydrogen-bond donors (Lipinski definition) is 2. The van der Waals surface area contributed by atoms with Crippen molar-refractivity contribution in [2.75, 3.05) is 19.6 Å². The van der Waals surface area contributed by atoms with E-state index in [9.17, 15) is 9.59 Å². The first kappa shape index (κ1) is 11.4. The summed E-state index contributed by atoms with van der Waals surface area (Å²) in [6, 6.07) is -0.619. The molecule has 0 aliphatic carbocycles. The average molecular weight is 225 g/mol. The molecule has 2 aliphatic rings. The molecule has 5 nitrogen and oxygen atoms in total. The molecule has 0 saturated carbocycles. The quantitative estimate of drug-likeness (QED) is 0.655. The van der Waals surface area contributed by atoms with Gasteiger partial charge in [0, 0.05) is 19.6 Å². The largest absolute Gasteiger partial charge is 0.342 e. The molecule has 2 saturated heterocycles. The Hall–Kier alpha value is -1.10. The molecule has 2 aliphatic heterocycles. The van der Waals surface area contributed by atoms with Gasteiger partial charge >= 0.3 is 0 Å². The fourth-order valence-corrected chi connectivity index (χ4v) is 2.36. The van der Waals surface area contributed by atoms with Crippen molar-refractivity contribution in [2.24, 2.45) is 5.92 Å². The van der Waals surface area contributed by atoms with Crippen molar-refractivity contribution in [2.45, 2.75) is 32.4 Å². The molecular formula is C11H19N3O2. The van der Waals surface area contributed by atoms with E-state index in [4.69, 9.17) is 0 Å². The molecule has 2 fully saturated rings. The van der Waals surface area contributed by atoms with Crippen LogP contribution >= 0.6 is 0 Å². The van der Waals surface area contributed by atoms with Gasteiger partial charge in [-0.1, -0.05) is 13.8 Å². The van der Waals surface area contributed by atoms with Crippen LogP contribution < -0.4 is 10.6 Å². The lowest BCUT2D eigenvalue weighted by molar-refractivity contribution is -0.150. The Balaban J connectivity index is 2.10. The van der Waals surface area contributed by atoms with Gasteiger partial charge < -0.3 is 15.5 Å². The summed E-state index contributed by atoms with van der Waals surface area (Å²) in [6.45, 7) is 6.12. The second kappa shape index (κ2) is 4.41. The summed E-state index contributed by atoms with van der Waals surface area (Å²) >= 11 is 0. The highest BCUT2D eigenvalue weighted by Crippen LogP contribution is 2.16. The molecule has 0 bridgehead atoms. The SMILES string of the molecule is CC(C)C[C@H]1NC(=O)[C@@H]2CNCCN2C1=O. The fraction of sp³-hybridized carbons (Fsp3) is 0.818. The number of piperazine rings is 2. The molecule has 0 radical (unpaired) electrons. The van der Waals surface area contributed by atoms with Crippen LogP contribution in [0, 0.1) is 5.92 Å². The van der Waals surface area contributed by atoms with E-state index in [1.165, 1.54) is 0 Å². The normalized spacial score (nSPS) is 30.3. The molecule has 0 aromatic rings. The van der Waals surface area contributed by atoms with Crippen molar-refractivity contribution in [3.63, 3.8) is 0 Å². The summed E-state index contributed by atoms with van der Waals surface area (Å²) in [5, 5.41) is 5.96. The van der Waals surface area contributed by atoms with Gasteiger partial charge in [0.25, 0.3) is 0 Å². The molecule has 5 heteroatoms. The Labute approximate surface area is 95.6 Å². The van der Waals surface area contributed by atoms with Crippen molar-refractivity contribution in [1.82, 2.24) is 15.5 Å². The van der Waals surface area contributed by atoms with E-state index in [-0.39, 0.29) is 23.9 Å². The maximum absolute atomic E-state index is 12.1. The number of hydrogen-bond acceptors (Lipinski definition) is 3. The number of fused-ring (bicyclic) bond motifs is 1. The highest BCUT2D eigenvalue weighted by atomic mass is 16.2. The van der Waals surface area contributed by atoms with Crippen molar-refractivity contribution >= 4 is 11.8 Å². The number of carbonyl (C=O) groups is 2. The fourth-order valence-electron chi connectivity index (χ4n) is 2.36. The minimum Gasteiger partial charge on any atom is -0.342 e. The zero-order chi connectivity index (χ0) is 11.7. The first-order valence-corrected chi connectivity index (χ1v) is 5.91.